The first-order chi connectivity index (χ1) is 10.6. The molecule has 6 nitrogen and oxygen atoms in total. The maximum atomic E-state index is 5.40. The minimum atomic E-state index is 0. The predicted molar refractivity (Wildman–Crippen MR) is 107 cm³/mol. The van der Waals surface area contributed by atoms with Gasteiger partial charge in [0.1, 0.15) is 0 Å². The van der Waals surface area contributed by atoms with E-state index in [1.807, 2.05) is 6.07 Å². The van der Waals surface area contributed by atoms with E-state index in [4.69, 9.17) is 4.52 Å². The van der Waals surface area contributed by atoms with E-state index in [0.29, 0.717) is 12.5 Å². The van der Waals surface area contributed by atoms with Crippen LogP contribution in [0.1, 0.15) is 50.5 Å². The largest absolute Gasteiger partial charge is 0.359 e. The van der Waals surface area contributed by atoms with Crippen LogP contribution < -0.4 is 10.6 Å². The molecule has 0 fully saturated rings. The molecule has 7 heteroatoms. The highest BCUT2D eigenvalue weighted by atomic mass is 127. The lowest BCUT2D eigenvalue weighted by Crippen LogP contribution is -2.37. The van der Waals surface area contributed by atoms with E-state index >= 15 is 0 Å². The number of halogens is 1. The van der Waals surface area contributed by atoms with Crippen LogP contribution in [-0.2, 0) is 6.54 Å². The maximum Gasteiger partial charge on any atom is 0.191 e. The molecule has 134 valence electrons. The summed E-state index contributed by atoms with van der Waals surface area (Å²) in [5.74, 6) is 2.12. The Hall–Kier alpha value is -0.830. The van der Waals surface area contributed by atoms with Gasteiger partial charge in [0, 0.05) is 25.6 Å². The molecule has 0 bridgehead atoms. The molecular formula is C16H32IN5O. The second kappa shape index (κ2) is 12.6. The van der Waals surface area contributed by atoms with Crippen molar-refractivity contribution >= 4 is 29.9 Å². The van der Waals surface area contributed by atoms with Crippen molar-refractivity contribution < 1.29 is 4.52 Å². The van der Waals surface area contributed by atoms with Crippen molar-refractivity contribution in [3.05, 3.63) is 17.5 Å². The molecule has 0 aliphatic heterocycles. The highest BCUT2D eigenvalue weighted by Gasteiger charge is 2.13. The van der Waals surface area contributed by atoms with E-state index in [9.17, 15) is 0 Å². The molecule has 0 unspecified atom stereocenters. The summed E-state index contributed by atoms with van der Waals surface area (Å²) in [6, 6.07) is 2.05. The van der Waals surface area contributed by atoms with Crippen LogP contribution in [0, 0.1) is 0 Å². The predicted octanol–water partition coefficient (Wildman–Crippen LogP) is 2.81. The van der Waals surface area contributed by atoms with Gasteiger partial charge in [-0.25, -0.2) is 0 Å². The molecule has 2 N–H and O–H groups in total. The highest BCUT2D eigenvalue weighted by Crippen LogP contribution is 2.22. The maximum absolute atomic E-state index is 5.40. The lowest BCUT2D eigenvalue weighted by molar-refractivity contribution is 0.368. The van der Waals surface area contributed by atoms with Crippen LogP contribution in [0.25, 0.3) is 0 Å². The summed E-state index contributed by atoms with van der Waals surface area (Å²) in [4.78, 5) is 6.39. The number of guanidine groups is 1. The molecule has 1 heterocycles. The number of aliphatic imine (C=N–C) groups is 1. The fourth-order valence-corrected chi connectivity index (χ4v) is 2.31. The van der Waals surface area contributed by atoms with E-state index in [1.165, 1.54) is 0 Å². The van der Waals surface area contributed by atoms with Gasteiger partial charge < -0.3 is 20.1 Å². The summed E-state index contributed by atoms with van der Waals surface area (Å²) >= 11 is 0. The molecule has 0 aliphatic rings. The Kier molecular flexibility index (Phi) is 12.1. The van der Waals surface area contributed by atoms with Crippen molar-refractivity contribution in [2.75, 3.05) is 34.2 Å². The normalized spacial score (nSPS) is 11.7. The number of rotatable bonds is 9. The van der Waals surface area contributed by atoms with E-state index in [0.717, 1.165) is 49.8 Å². The van der Waals surface area contributed by atoms with Gasteiger partial charge in [-0.3, -0.25) is 4.99 Å². The number of nitrogens with zero attached hydrogens (tertiary/aromatic N) is 3. The Bertz CT molecular complexity index is 443. The van der Waals surface area contributed by atoms with Gasteiger partial charge in [-0.1, -0.05) is 19.0 Å². The molecule has 0 atom stereocenters. The average molecular weight is 437 g/mol. The van der Waals surface area contributed by atoms with Gasteiger partial charge >= 0.3 is 0 Å². The number of hydrogen-bond donors (Lipinski definition) is 2. The summed E-state index contributed by atoms with van der Waals surface area (Å²) in [5, 5.41) is 10.7. The lowest BCUT2D eigenvalue weighted by Gasteiger charge is -2.12. The van der Waals surface area contributed by atoms with Crippen LogP contribution in [0.5, 0.6) is 0 Å². The molecule has 23 heavy (non-hydrogen) atoms. The number of hydrogen-bond acceptors (Lipinski definition) is 4. The van der Waals surface area contributed by atoms with Gasteiger partial charge in [0.05, 0.1) is 12.2 Å². The third kappa shape index (κ3) is 8.55. The first-order valence-corrected chi connectivity index (χ1v) is 8.15. The highest BCUT2D eigenvalue weighted by molar-refractivity contribution is 14.0. The smallest absolute Gasteiger partial charge is 0.191 e. The molecule has 1 aromatic rings. The molecule has 0 saturated carbocycles. The summed E-state index contributed by atoms with van der Waals surface area (Å²) in [5.41, 5.74) is 1.05. The molecule has 0 saturated heterocycles. The van der Waals surface area contributed by atoms with Crippen molar-refractivity contribution in [3.8, 4) is 0 Å². The standard InChI is InChI=1S/C16H31N5O.HI/c1-6-13(7-2)15-11-14(22-20-15)12-19-16(17-3)18-9-8-10-21(4)5;/h11,13H,6-10,12H2,1-5H3,(H2,17,18,19);1H. The summed E-state index contributed by atoms with van der Waals surface area (Å²) < 4.78 is 5.40. The van der Waals surface area contributed by atoms with Gasteiger partial charge in [-0.05, 0) is 39.9 Å². The van der Waals surface area contributed by atoms with E-state index in [-0.39, 0.29) is 24.0 Å². The fourth-order valence-electron chi connectivity index (χ4n) is 2.31. The van der Waals surface area contributed by atoms with E-state index in [2.05, 4.69) is 53.6 Å². The van der Waals surface area contributed by atoms with Gasteiger partial charge in [0.2, 0.25) is 0 Å². The molecule has 0 spiro atoms. The molecular weight excluding hydrogens is 405 g/mol. The van der Waals surface area contributed by atoms with E-state index in [1.54, 1.807) is 7.05 Å². The monoisotopic (exact) mass is 437 g/mol. The molecule has 1 rings (SSSR count). The minimum Gasteiger partial charge on any atom is -0.359 e. The number of nitrogens with one attached hydrogen (secondary N) is 2. The Morgan fingerprint density at radius 3 is 2.57 bits per heavy atom. The van der Waals surface area contributed by atoms with Crippen LogP contribution in [-0.4, -0.2) is 50.2 Å². The summed E-state index contributed by atoms with van der Waals surface area (Å²) in [6.07, 6.45) is 3.25. The van der Waals surface area contributed by atoms with Gasteiger partial charge in [0.25, 0.3) is 0 Å². The Morgan fingerprint density at radius 2 is 2.00 bits per heavy atom. The van der Waals surface area contributed by atoms with Gasteiger partial charge in [-0.2, -0.15) is 0 Å². The molecule has 1 aromatic heterocycles. The quantitative estimate of drug-likeness (QED) is 0.269. The zero-order valence-electron chi connectivity index (χ0n) is 15.1. The fraction of sp³-hybridized carbons (Fsp3) is 0.750. The molecule has 0 amide bonds. The lowest BCUT2D eigenvalue weighted by atomic mass is 9.99. The molecule has 0 aliphatic carbocycles. The number of aromatic nitrogens is 1. The van der Waals surface area contributed by atoms with Crippen molar-refractivity contribution in [2.24, 2.45) is 4.99 Å². The second-order valence-electron chi connectivity index (χ2n) is 5.74. The van der Waals surface area contributed by atoms with Crippen LogP contribution in [0.3, 0.4) is 0 Å². The van der Waals surface area contributed by atoms with Crippen molar-refractivity contribution in [1.82, 2.24) is 20.7 Å². The van der Waals surface area contributed by atoms with Gasteiger partial charge in [-0.15, -0.1) is 24.0 Å². The first kappa shape index (κ1) is 22.2. The minimum absolute atomic E-state index is 0. The van der Waals surface area contributed by atoms with Crippen LogP contribution in [0.4, 0.5) is 0 Å². The van der Waals surface area contributed by atoms with Crippen molar-refractivity contribution in [2.45, 2.75) is 45.6 Å². The topological polar surface area (TPSA) is 65.7 Å². The van der Waals surface area contributed by atoms with Crippen LogP contribution in [0.2, 0.25) is 0 Å². The molecule has 0 radical (unpaired) electrons. The van der Waals surface area contributed by atoms with Crippen molar-refractivity contribution in [1.29, 1.82) is 0 Å². The first-order valence-electron chi connectivity index (χ1n) is 8.15. The zero-order chi connectivity index (χ0) is 16.4. The Balaban J connectivity index is 0.00000484. The summed E-state index contributed by atoms with van der Waals surface area (Å²) in [6.45, 7) is 6.92. The van der Waals surface area contributed by atoms with Crippen LogP contribution in [0.15, 0.2) is 15.6 Å². The van der Waals surface area contributed by atoms with Crippen molar-refractivity contribution in [3.63, 3.8) is 0 Å². The van der Waals surface area contributed by atoms with Crippen LogP contribution >= 0.6 is 24.0 Å². The zero-order valence-corrected chi connectivity index (χ0v) is 17.4. The Morgan fingerprint density at radius 1 is 1.30 bits per heavy atom. The SMILES string of the molecule is CCC(CC)c1cc(CNC(=NC)NCCCN(C)C)on1.I. The average Bonchev–Trinajstić information content (AvgIpc) is 2.96. The third-order valence-corrected chi connectivity index (χ3v) is 3.71. The second-order valence-corrected chi connectivity index (χ2v) is 5.74. The van der Waals surface area contributed by atoms with E-state index < -0.39 is 0 Å². The summed E-state index contributed by atoms with van der Waals surface area (Å²) in [7, 11) is 5.93. The Labute approximate surface area is 157 Å². The molecule has 0 aromatic carbocycles. The third-order valence-electron chi connectivity index (χ3n) is 3.71. The van der Waals surface area contributed by atoms with Gasteiger partial charge in [0.15, 0.2) is 11.7 Å².